The summed E-state index contributed by atoms with van der Waals surface area (Å²) in [6.07, 6.45) is 1.93. The van der Waals surface area contributed by atoms with Crippen LogP contribution in [0.4, 0.5) is 0 Å². The van der Waals surface area contributed by atoms with E-state index >= 15 is 0 Å². The van der Waals surface area contributed by atoms with Crippen LogP contribution in [0.3, 0.4) is 0 Å². The van der Waals surface area contributed by atoms with Crippen molar-refractivity contribution in [2.24, 2.45) is 0 Å². The van der Waals surface area contributed by atoms with Gasteiger partial charge in [0.1, 0.15) is 17.1 Å². The molecule has 0 aliphatic rings. The van der Waals surface area contributed by atoms with Crippen LogP contribution in [0.25, 0.3) is 11.3 Å². The van der Waals surface area contributed by atoms with Crippen molar-refractivity contribution in [1.82, 2.24) is 20.3 Å². The molecule has 0 atom stereocenters. The van der Waals surface area contributed by atoms with Gasteiger partial charge in [-0.05, 0) is 31.0 Å². The molecular weight excluding hydrogens is 324 g/mol. The topological polar surface area (TPSA) is 52.0 Å². The standard InChI is InChI=1S/C21H26N4O/c1-3-15-25-23-19(21(24-25)18-10-5-4-6-11-18)16-22-14-13-17-9-7-8-12-20(17)26-2/h4-12,22H,3,13-16H2,1-2H3. The summed E-state index contributed by atoms with van der Waals surface area (Å²) in [5, 5.41) is 12.8. The fourth-order valence-electron chi connectivity index (χ4n) is 2.96. The van der Waals surface area contributed by atoms with Gasteiger partial charge in [0.2, 0.25) is 0 Å². The summed E-state index contributed by atoms with van der Waals surface area (Å²) >= 11 is 0. The van der Waals surface area contributed by atoms with Gasteiger partial charge >= 0.3 is 0 Å². The third kappa shape index (κ3) is 4.49. The normalized spacial score (nSPS) is 10.8. The number of hydrogen-bond donors (Lipinski definition) is 1. The van der Waals surface area contributed by atoms with Gasteiger partial charge in [0, 0.05) is 12.1 Å². The summed E-state index contributed by atoms with van der Waals surface area (Å²) in [4.78, 5) is 1.81. The SMILES string of the molecule is CCCn1nc(CNCCc2ccccc2OC)c(-c2ccccc2)n1. The van der Waals surface area contributed by atoms with Crippen molar-refractivity contribution < 1.29 is 4.74 Å². The highest BCUT2D eigenvalue weighted by Crippen LogP contribution is 2.20. The fraction of sp³-hybridized carbons (Fsp3) is 0.333. The molecule has 0 saturated heterocycles. The van der Waals surface area contributed by atoms with Crippen LogP contribution < -0.4 is 10.1 Å². The summed E-state index contributed by atoms with van der Waals surface area (Å²) in [5.74, 6) is 0.938. The van der Waals surface area contributed by atoms with Crippen molar-refractivity contribution in [1.29, 1.82) is 0 Å². The summed E-state index contributed by atoms with van der Waals surface area (Å²) in [6, 6.07) is 18.4. The summed E-state index contributed by atoms with van der Waals surface area (Å²) in [6.45, 7) is 4.52. The molecule has 3 rings (SSSR count). The highest BCUT2D eigenvalue weighted by Gasteiger charge is 2.12. The summed E-state index contributed by atoms with van der Waals surface area (Å²) in [7, 11) is 1.71. The maximum Gasteiger partial charge on any atom is 0.122 e. The van der Waals surface area contributed by atoms with Gasteiger partial charge in [-0.15, -0.1) is 0 Å². The van der Waals surface area contributed by atoms with E-state index in [1.807, 2.05) is 36.4 Å². The molecule has 0 spiro atoms. The van der Waals surface area contributed by atoms with Crippen LogP contribution in [-0.4, -0.2) is 28.6 Å². The molecule has 0 bridgehead atoms. The molecule has 0 aliphatic carbocycles. The zero-order valence-electron chi connectivity index (χ0n) is 15.5. The van der Waals surface area contributed by atoms with E-state index in [1.54, 1.807) is 11.9 Å². The van der Waals surface area contributed by atoms with Crippen molar-refractivity contribution in [2.75, 3.05) is 13.7 Å². The summed E-state index contributed by atoms with van der Waals surface area (Å²) < 4.78 is 5.41. The molecule has 26 heavy (non-hydrogen) atoms. The lowest BCUT2D eigenvalue weighted by molar-refractivity contribution is 0.409. The molecule has 0 fully saturated rings. The number of nitrogens with one attached hydrogen (secondary N) is 1. The molecule has 3 aromatic rings. The largest absolute Gasteiger partial charge is 0.496 e. The predicted octanol–water partition coefficient (Wildman–Crippen LogP) is 3.70. The second-order valence-corrected chi connectivity index (χ2v) is 6.20. The number of ether oxygens (including phenoxy) is 1. The Morgan fingerprint density at radius 1 is 1.00 bits per heavy atom. The molecule has 0 unspecified atom stereocenters. The number of aryl methyl sites for hydroxylation is 1. The molecule has 5 heteroatoms. The molecule has 5 nitrogen and oxygen atoms in total. The van der Waals surface area contributed by atoms with Gasteiger partial charge in [-0.1, -0.05) is 55.5 Å². The van der Waals surface area contributed by atoms with Crippen LogP contribution in [0, 0.1) is 0 Å². The predicted molar refractivity (Wildman–Crippen MR) is 104 cm³/mol. The van der Waals surface area contributed by atoms with E-state index in [9.17, 15) is 0 Å². The number of aromatic nitrogens is 3. The van der Waals surface area contributed by atoms with Gasteiger partial charge in [0.15, 0.2) is 0 Å². The number of rotatable bonds is 9. The van der Waals surface area contributed by atoms with Crippen LogP contribution >= 0.6 is 0 Å². The van der Waals surface area contributed by atoms with Crippen molar-refractivity contribution in [3.63, 3.8) is 0 Å². The van der Waals surface area contributed by atoms with Gasteiger partial charge in [0.05, 0.1) is 13.7 Å². The Morgan fingerprint density at radius 3 is 2.54 bits per heavy atom. The minimum atomic E-state index is 0.698. The monoisotopic (exact) mass is 350 g/mol. The molecule has 0 amide bonds. The van der Waals surface area contributed by atoms with E-state index in [0.717, 1.165) is 48.6 Å². The molecular formula is C21H26N4O. The average molecular weight is 350 g/mol. The first kappa shape index (κ1) is 18.1. The molecule has 136 valence electrons. The van der Waals surface area contributed by atoms with Crippen LogP contribution in [0.2, 0.25) is 0 Å². The maximum atomic E-state index is 5.41. The van der Waals surface area contributed by atoms with Crippen LogP contribution in [0.1, 0.15) is 24.6 Å². The van der Waals surface area contributed by atoms with Gasteiger partial charge in [-0.25, -0.2) is 0 Å². The maximum absolute atomic E-state index is 5.41. The first-order chi connectivity index (χ1) is 12.8. The van der Waals surface area contributed by atoms with E-state index in [0.29, 0.717) is 6.54 Å². The zero-order valence-corrected chi connectivity index (χ0v) is 15.5. The second-order valence-electron chi connectivity index (χ2n) is 6.20. The smallest absolute Gasteiger partial charge is 0.122 e. The molecule has 1 heterocycles. The lowest BCUT2D eigenvalue weighted by Crippen LogP contribution is -2.18. The minimum Gasteiger partial charge on any atom is -0.496 e. The Balaban J connectivity index is 1.65. The minimum absolute atomic E-state index is 0.698. The molecule has 0 saturated carbocycles. The van der Waals surface area contributed by atoms with Crippen LogP contribution in [0.5, 0.6) is 5.75 Å². The molecule has 2 aromatic carbocycles. The molecule has 1 aromatic heterocycles. The van der Waals surface area contributed by atoms with E-state index in [2.05, 4.69) is 40.6 Å². The number of hydrogen-bond acceptors (Lipinski definition) is 4. The van der Waals surface area contributed by atoms with E-state index < -0.39 is 0 Å². The highest BCUT2D eigenvalue weighted by molar-refractivity contribution is 5.60. The average Bonchev–Trinajstić information content (AvgIpc) is 3.09. The lowest BCUT2D eigenvalue weighted by Gasteiger charge is -2.08. The van der Waals surface area contributed by atoms with Crippen molar-refractivity contribution in [3.8, 4) is 17.0 Å². The Bertz CT molecular complexity index is 814. The van der Waals surface area contributed by atoms with Crippen molar-refractivity contribution in [2.45, 2.75) is 32.9 Å². The van der Waals surface area contributed by atoms with Gasteiger partial charge in [-0.2, -0.15) is 15.0 Å². The second kappa shape index (κ2) is 9.15. The first-order valence-electron chi connectivity index (χ1n) is 9.14. The zero-order chi connectivity index (χ0) is 18.2. The molecule has 0 aliphatic heterocycles. The Labute approximate surface area is 155 Å². The van der Waals surface area contributed by atoms with Crippen LogP contribution in [0.15, 0.2) is 54.6 Å². The number of para-hydroxylation sites is 1. The summed E-state index contributed by atoms with van der Waals surface area (Å²) in [5.41, 5.74) is 4.27. The number of benzene rings is 2. The van der Waals surface area contributed by atoms with Gasteiger partial charge in [0.25, 0.3) is 0 Å². The van der Waals surface area contributed by atoms with Gasteiger partial charge in [-0.3, -0.25) is 0 Å². The quantitative estimate of drug-likeness (QED) is 0.598. The van der Waals surface area contributed by atoms with Gasteiger partial charge < -0.3 is 10.1 Å². The number of nitrogens with zero attached hydrogens (tertiary/aromatic N) is 3. The third-order valence-corrected chi connectivity index (χ3v) is 4.25. The number of methoxy groups -OCH3 is 1. The Kier molecular flexibility index (Phi) is 6.39. The Hall–Kier alpha value is -2.66. The van der Waals surface area contributed by atoms with E-state index in [4.69, 9.17) is 4.74 Å². The van der Waals surface area contributed by atoms with Crippen molar-refractivity contribution >= 4 is 0 Å². The van der Waals surface area contributed by atoms with E-state index in [-0.39, 0.29) is 0 Å². The van der Waals surface area contributed by atoms with E-state index in [1.165, 1.54) is 5.56 Å². The third-order valence-electron chi connectivity index (χ3n) is 4.25. The highest BCUT2D eigenvalue weighted by atomic mass is 16.5. The van der Waals surface area contributed by atoms with Crippen molar-refractivity contribution in [3.05, 3.63) is 65.9 Å². The molecule has 1 N–H and O–H groups in total. The first-order valence-corrected chi connectivity index (χ1v) is 9.14. The fourth-order valence-corrected chi connectivity index (χ4v) is 2.96. The van der Waals surface area contributed by atoms with Crippen LogP contribution in [-0.2, 0) is 19.5 Å². The molecule has 0 radical (unpaired) electrons. The lowest BCUT2D eigenvalue weighted by atomic mass is 10.1. The Morgan fingerprint density at radius 2 is 1.77 bits per heavy atom.